The summed E-state index contributed by atoms with van der Waals surface area (Å²) in [5.74, 6) is 0.740. The van der Waals surface area contributed by atoms with E-state index in [1.165, 1.54) is 6.42 Å². The van der Waals surface area contributed by atoms with Gasteiger partial charge < -0.3 is 10.6 Å². The fourth-order valence-electron chi connectivity index (χ4n) is 2.58. The van der Waals surface area contributed by atoms with E-state index in [9.17, 15) is 4.79 Å². The molecule has 0 aliphatic carbocycles. The van der Waals surface area contributed by atoms with E-state index in [2.05, 4.69) is 26.2 Å². The summed E-state index contributed by atoms with van der Waals surface area (Å²) < 4.78 is 1.72. The van der Waals surface area contributed by atoms with Gasteiger partial charge in [-0.25, -0.2) is 4.68 Å². The quantitative estimate of drug-likeness (QED) is 0.848. The number of hydrogen-bond acceptors (Lipinski definition) is 5. The van der Waals surface area contributed by atoms with E-state index < -0.39 is 0 Å². The number of nitrogens with one attached hydrogen (secondary N) is 2. The molecule has 1 fully saturated rings. The van der Waals surface area contributed by atoms with Crippen LogP contribution in [0, 0.1) is 6.92 Å². The molecule has 0 spiro atoms. The molecule has 2 heterocycles. The predicted octanol–water partition coefficient (Wildman–Crippen LogP) is 0.933. The topological polar surface area (TPSA) is 84.7 Å². The molecule has 7 nitrogen and oxygen atoms in total. The Kier molecular flexibility index (Phi) is 6.06. The van der Waals surface area contributed by atoms with Crippen LogP contribution in [-0.2, 0) is 6.54 Å². The van der Waals surface area contributed by atoms with Gasteiger partial charge in [0.25, 0.3) is 5.91 Å². The van der Waals surface area contributed by atoms with Crippen LogP contribution < -0.4 is 10.6 Å². The van der Waals surface area contributed by atoms with Crippen LogP contribution in [0.15, 0.2) is 24.3 Å². The highest BCUT2D eigenvalue weighted by Gasteiger charge is 2.15. The van der Waals surface area contributed by atoms with Gasteiger partial charge in [0, 0.05) is 18.2 Å². The second-order valence-electron chi connectivity index (χ2n) is 5.58. The zero-order chi connectivity index (χ0) is 15.4. The Bertz CT molecular complexity index is 636. The third kappa shape index (κ3) is 4.49. The van der Waals surface area contributed by atoms with E-state index in [0.717, 1.165) is 24.4 Å². The number of carbonyl (C=O) groups is 1. The van der Waals surface area contributed by atoms with Crippen molar-refractivity contribution in [2.24, 2.45) is 0 Å². The molecule has 3 rings (SSSR count). The minimum atomic E-state index is -0.0288. The van der Waals surface area contributed by atoms with Crippen molar-refractivity contribution in [1.82, 2.24) is 30.8 Å². The lowest BCUT2D eigenvalue weighted by Crippen LogP contribution is -2.37. The summed E-state index contributed by atoms with van der Waals surface area (Å²) in [5.41, 5.74) is 1.74. The summed E-state index contributed by atoms with van der Waals surface area (Å²) in [7, 11) is 0. The van der Waals surface area contributed by atoms with Crippen molar-refractivity contribution >= 4 is 18.3 Å². The molecular weight excluding hydrogens is 316 g/mol. The Morgan fingerprint density at radius 1 is 1.39 bits per heavy atom. The zero-order valence-corrected chi connectivity index (χ0v) is 13.8. The first-order valence-electron chi connectivity index (χ1n) is 7.55. The lowest BCUT2D eigenvalue weighted by atomic mass is 10.1. The third-order valence-electron chi connectivity index (χ3n) is 3.93. The zero-order valence-electron chi connectivity index (χ0n) is 13.0. The van der Waals surface area contributed by atoms with Crippen molar-refractivity contribution in [2.75, 3.05) is 13.1 Å². The van der Waals surface area contributed by atoms with Crippen molar-refractivity contribution in [3.8, 4) is 0 Å². The highest BCUT2D eigenvalue weighted by molar-refractivity contribution is 5.94. The first-order chi connectivity index (χ1) is 10.7. The molecule has 23 heavy (non-hydrogen) atoms. The van der Waals surface area contributed by atoms with E-state index in [1.807, 2.05) is 31.2 Å². The lowest BCUT2D eigenvalue weighted by molar-refractivity contribution is 0.0950. The Balaban J connectivity index is 0.00000192. The first-order valence-corrected chi connectivity index (χ1v) is 7.55. The molecule has 124 valence electrons. The number of amides is 1. The van der Waals surface area contributed by atoms with E-state index >= 15 is 0 Å². The molecule has 1 atom stereocenters. The van der Waals surface area contributed by atoms with Crippen LogP contribution in [0.2, 0.25) is 0 Å². The SMILES string of the molecule is Cc1nnnn1Cc1ccc(C(=O)NC[C@H]2CCCN2)cc1.Cl. The van der Waals surface area contributed by atoms with Crippen LogP contribution >= 0.6 is 12.4 Å². The number of tetrazole rings is 1. The molecule has 0 saturated carbocycles. The normalized spacial score (nSPS) is 16.8. The van der Waals surface area contributed by atoms with Crippen LogP contribution in [0.5, 0.6) is 0 Å². The molecule has 2 aromatic rings. The lowest BCUT2D eigenvalue weighted by Gasteiger charge is -2.11. The molecule has 1 aromatic carbocycles. The van der Waals surface area contributed by atoms with Crippen molar-refractivity contribution in [1.29, 1.82) is 0 Å². The van der Waals surface area contributed by atoms with Gasteiger partial charge in [-0.1, -0.05) is 12.1 Å². The molecule has 1 saturated heterocycles. The standard InChI is InChI=1S/C15H20N6O.ClH/c1-11-18-19-20-21(11)10-12-4-6-13(7-5-12)15(22)17-9-14-3-2-8-16-14;/h4-7,14,16H,2-3,8-10H2,1H3,(H,17,22);1H/t14-;/m1./s1. The number of benzene rings is 1. The summed E-state index contributed by atoms with van der Waals surface area (Å²) in [4.78, 5) is 12.1. The number of halogens is 1. The average molecular weight is 337 g/mol. The summed E-state index contributed by atoms with van der Waals surface area (Å²) in [6, 6.07) is 7.96. The molecule has 1 amide bonds. The van der Waals surface area contributed by atoms with Crippen LogP contribution in [0.4, 0.5) is 0 Å². The highest BCUT2D eigenvalue weighted by Crippen LogP contribution is 2.08. The van der Waals surface area contributed by atoms with Crippen molar-refractivity contribution in [2.45, 2.75) is 32.4 Å². The molecule has 8 heteroatoms. The molecule has 0 unspecified atom stereocenters. The van der Waals surface area contributed by atoms with Crippen LogP contribution in [0.25, 0.3) is 0 Å². The second-order valence-corrected chi connectivity index (χ2v) is 5.58. The van der Waals surface area contributed by atoms with Crippen LogP contribution in [0.1, 0.15) is 34.6 Å². The van der Waals surface area contributed by atoms with Gasteiger partial charge in [-0.2, -0.15) is 0 Å². The summed E-state index contributed by atoms with van der Waals surface area (Å²) in [6.07, 6.45) is 2.32. The number of nitrogens with zero attached hydrogens (tertiary/aromatic N) is 4. The van der Waals surface area contributed by atoms with E-state index in [0.29, 0.717) is 24.7 Å². The number of rotatable bonds is 5. The van der Waals surface area contributed by atoms with Gasteiger partial charge in [0.2, 0.25) is 0 Å². The van der Waals surface area contributed by atoms with E-state index in [1.54, 1.807) is 4.68 Å². The number of carbonyl (C=O) groups excluding carboxylic acids is 1. The molecule has 0 radical (unpaired) electrons. The smallest absolute Gasteiger partial charge is 0.251 e. The summed E-state index contributed by atoms with van der Waals surface area (Å²) in [5, 5.41) is 17.7. The molecular formula is C15H21ClN6O. The van der Waals surface area contributed by atoms with Crippen molar-refractivity contribution in [3.63, 3.8) is 0 Å². The van der Waals surface area contributed by atoms with Crippen molar-refractivity contribution in [3.05, 3.63) is 41.2 Å². The van der Waals surface area contributed by atoms with E-state index in [-0.39, 0.29) is 18.3 Å². The molecule has 2 N–H and O–H groups in total. The largest absolute Gasteiger partial charge is 0.350 e. The van der Waals surface area contributed by atoms with Crippen LogP contribution in [0.3, 0.4) is 0 Å². The monoisotopic (exact) mass is 336 g/mol. The van der Waals surface area contributed by atoms with Gasteiger partial charge in [0.05, 0.1) is 6.54 Å². The fourth-order valence-corrected chi connectivity index (χ4v) is 2.58. The highest BCUT2D eigenvalue weighted by atomic mass is 35.5. The minimum absolute atomic E-state index is 0. The minimum Gasteiger partial charge on any atom is -0.350 e. The summed E-state index contributed by atoms with van der Waals surface area (Å²) >= 11 is 0. The summed E-state index contributed by atoms with van der Waals surface area (Å²) in [6.45, 7) is 4.20. The predicted molar refractivity (Wildman–Crippen MR) is 88.7 cm³/mol. The third-order valence-corrected chi connectivity index (χ3v) is 3.93. The van der Waals surface area contributed by atoms with E-state index in [4.69, 9.17) is 0 Å². The maximum absolute atomic E-state index is 12.1. The molecule has 1 aliphatic rings. The molecule has 1 aromatic heterocycles. The number of hydrogen-bond donors (Lipinski definition) is 2. The number of aromatic nitrogens is 4. The van der Waals surface area contributed by atoms with Gasteiger partial charge >= 0.3 is 0 Å². The van der Waals surface area contributed by atoms with Crippen LogP contribution in [-0.4, -0.2) is 45.2 Å². The maximum atomic E-state index is 12.1. The van der Waals surface area contributed by atoms with Gasteiger partial charge in [-0.15, -0.1) is 17.5 Å². The van der Waals surface area contributed by atoms with Gasteiger partial charge in [0.15, 0.2) is 0 Å². The molecule has 0 bridgehead atoms. The Labute approximate surface area is 141 Å². The Morgan fingerprint density at radius 3 is 2.78 bits per heavy atom. The van der Waals surface area contributed by atoms with Gasteiger partial charge in [0.1, 0.15) is 5.82 Å². The maximum Gasteiger partial charge on any atom is 0.251 e. The second kappa shape index (κ2) is 8.03. The Morgan fingerprint density at radius 2 is 2.17 bits per heavy atom. The van der Waals surface area contributed by atoms with Gasteiger partial charge in [-0.3, -0.25) is 4.79 Å². The Hall–Kier alpha value is -1.99. The number of aryl methyl sites for hydroxylation is 1. The van der Waals surface area contributed by atoms with Crippen molar-refractivity contribution < 1.29 is 4.79 Å². The van der Waals surface area contributed by atoms with Gasteiger partial charge in [-0.05, 0) is 54.4 Å². The first kappa shape index (κ1) is 17.4. The average Bonchev–Trinajstić information content (AvgIpc) is 3.18. The fraction of sp³-hybridized carbons (Fsp3) is 0.467. The molecule has 1 aliphatic heterocycles.